The fourth-order valence-corrected chi connectivity index (χ4v) is 2.90. The first-order chi connectivity index (χ1) is 10.0. The lowest BCUT2D eigenvalue weighted by molar-refractivity contribution is -0.129. The largest absolute Gasteiger partial charge is 0.338 e. The molecule has 1 N–H and O–H groups in total. The molecule has 5 nitrogen and oxygen atoms in total. The Labute approximate surface area is 132 Å². The van der Waals surface area contributed by atoms with Gasteiger partial charge in [0, 0.05) is 48.4 Å². The number of nitrogens with one attached hydrogen (secondary N) is 1. The van der Waals surface area contributed by atoms with Crippen molar-refractivity contribution < 1.29 is 4.79 Å². The summed E-state index contributed by atoms with van der Waals surface area (Å²) >= 11 is 3.43. The van der Waals surface area contributed by atoms with Crippen LogP contribution in [0.2, 0.25) is 0 Å². The summed E-state index contributed by atoms with van der Waals surface area (Å²) in [6.45, 7) is 3.00. The Morgan fingerprint density at radius 2 is 2.05 bits per heavy atom. The van der Waals surface area contributed by atoms with E-state index in [0.29, 0.717) is 6.54 Å². The van der Waals surface area contributed by atoms with Gasteiger partial charge in [-0.3, -0.25) is 9.48 Å². The van der Waals surface area contributed by atoms with Crippen LogP contribution in [0.1, 0.15) is 18.2 Å². The van der Waals surface area contributed by atoms with Crippen LogP contribution in [0.25, 0.3) is 0 Å². The first kappa shape index (κ1) is 14.1. The number of carbonyl (C=O) groups excluding carboxylic acids is 1. The van der Waals surface area contributed by atoms with Gasteiger partial charge in [0.2, 0.25) is 5.91 Å². The third-order valence-corrected chi connectivity index (χ3v) is 4.32. The summed E-state index contributed by atoms with van der Waals surface area (Å²) < 4.78 is 2.95. The molecule has 2 heterocycles. The molecule has 0 atom stereocenters. The van der Waals surface area contributed by atoms with Crippen LogP contribution in [0.4, 0.5) is 11.5 Å². The molecule has 0 fully saturated rings. The summed E-state index contributed by atoms with van der Waals surface area (Å²) in [5, 5.41) is 7.91. The first-order valence-corrected chi connectivity index (χ1v) is 7.67. The van der Waals surface area contributed by atoms with Gasteiger partial charge in [0.15, 0.2) is 5.82 Å². The van der Waals surface area contributed by atoms with E-state index < -0.39 is 0 Å². The quantitative estimate of drug-likeness (QED) is 0.907. The van der Waals surface area contributed by atoms with Crippen LogP contribution in [0.15, 0.2) is 28.7 Å². The average molecular weight is 349 g/mol. The normalized spacial score (nSPS) is 14.0. The minimum absolute atomic E-state index is 0.110. The summed E-state index contributed by atoms with van der Waals surface area (Å²) in [7, 11) is 1.95. The Kier molecular flexibility index (Phi) is 3.71. The summed E-state index contributed by atoms with van der Waals surface area (Å²) in [6.07, 6.45) is 0.848. The number of hydrogen-bond acceptors (Lipinski definition) is 3. The second-order valence-electron chi connectivity index (χ2n) is 5.22. The molecule has 110 valence electrons. The van der Waals surface area contributed by atoms with E-state index in [1.165, 1.54) is 5.69 Å². The van der Waals surface area contributed by atoms with Crippen molar-refractivity contribution >= 4 is 33.3 Å². The van der Waals surface area contributed by atoms with E-state index in [2.05, 4.69) is 26.3 Å². The van der Waals surface area contributed by atoms with Crippen LogP contribution in [0.5, 0.6) is 0 Å². The van der Waals surface area contributed by atoms with Crippen LogP contribution in [-0.2, 0) is 24.8 Å². The van der Waals surface area contributed by atoms with E-state index >= 15 is 0 Å². The Hall–Kier alpha value is -1.82. The number of aromatic nitrogens is 2. The molecule has 2 aromatic rings. The fraction of sp³-hybridized carbons (Fsp3) is 0.333. The zero-order chi connectivity index (χ0) is 15.0. The predicted molar refractivity (Wildman–Crippen MR) is 85.4 cm³/mol. The highest BCUT2D eigenvalue weighted by Crippen LogP contribution is 2.28. The standard InChI is InChI=1S/C15H17BrN4O/c1-10(21)20-8-7-14-13(9-20)15(18-19(14)2)17-12-5-3-11(16)4-6-12/h3-6H,7-9H2,1-2H3,(H,17,18). The summed E-state index contributed by atoms with van der Waals surface area (Å²) in [4.78, 5) is 13.5. The van der Waals surface area contributed by atoms with Crippen LogP contribution in [0, 0.1) is 0 Å². The number of anilines is 2. The first-order valence-electron chi connectivity index (χ1n) is 6.87. The molecule has 1 aliphatic rings. The van der Waals surface area contributed by atoms with Crippen molar-refractivity contribution in [3.8, 4) is 0 Å². The topological polar surface area (TPSA) is 50.2 Å². The molecule has 21 heavy (non-hydrogen) atoms. The predicted octanol–water partition coefficient (Wildman–Crippen LogP) is 2.83. The molecule has 1 aromatic heterocycles. The zero-order valence-corrected chi connectivity index (χ0v) is 13.6. The zero-order valence-electron chi connectivity index (χ0n) is 12.1. The molecule has 0 aliphatic carbocycles. The molecule has 0 spiro atoms. The highest BCUT2D eigenvalue weighted by atomic mass is 79.9. The lowest BCUT2D eigenvalue weighted by Crippen LogP contribution is -2.34. The number of aryl methyl sites for hydroxylation is 1. The Balaban J connectivity index is 1.90. The Morgan fingerprint density at radius 3 is 2.71 bits per heavy atom. The molecular weight excluding hydrogens is 332 g/mol. The van der Waals surface area contributed by atoms with Gasteiger partial charge in [-0.1, -0.05) is 15.9 Å². The lowest BCUT2D eigenvalue weighted by atomic mass is 10.1. The molecule has 1 amide bonds. The number of benzene rings is 1. The number of nitrogens with zero attached hydrogens (tertiary/aromatic N) is 3. The Bertz CT molecular complexity index is 678. The second-order valence-corrected chi connectivity index (χ2v) is 6.14. The van der Waals surface area contributed by atoms with E-state index in [1.54, 1.807) is 6.92 Å². The van der Waals surface area contributed by atoms with E-state index in [1.807, 2.05) is 40.9 Å². The van der Waals surface area contributed by atoms with Crippen molar-refractivity contribution in [2.24, 2.45) is 7.05 Å². The molecule has 0 saturated carbocycles. The third kappa shape index (κ3) is 2.81. The molecule has 0 radical (unpaired) electrons. The van der Waals surface area contributed by atoms with Crippen molar-refractivity contribution in [3.05, 3.63) is 40.0 Å². The second kappa shape index (κ2) is 5.52. The van der Waals surface area contributed by atoms with Crippen LogP contribution in [-0.4, -0.2) is 27.1 Å². The fourth-order valence-electron chi connectivity index (χ4n) is 2.63. The Morgan fingerprint density at radius 1 is 1.33 bits per heavy atom. The van der Waals surface area contributed by atoms with Crippen LogP contribution < -0.4 is 5.32 Å². The van der Waals surface area contributed by atoms with Gasteiger partial charge in [0.25, 0.3) is 0 Å². The molecule has 0 bridgehead atoms. The van der Waals surface area contributed by atoms with Gasteiger partial charge >= 0.3 is 0 Å². The third-order valence-electron chi connectivity index (χ3n) is 3.79. The van der Waals surface area contributed by atoms with Gasteiger partial charge in [0.05, 0.1) is 6.54 Å². The van der Waals surface area contributed by atoms with Gasteiger partial charge in [0.1, 0.15) is 0 Å². The lowest BCUT2D eigenvalue weighted by Gasteiger charge is -2.26. The molecular formula is C15H17BrN4O. The van der Waals surface area contributed by atoms with E-state index in [4.69, 9.17) is 0 Å². The SMILES string of the molecule is CC(=O)N1CCc2c(c(Nc3ccc(Br)cc3)nn2C)C1. The van der Waals surface area contributed by atoms with Gasteiger partial charge < -0.3 is 10.2 Å². The summed E-state index contributed by atoms with van der Waals surface area (Å²) in [5.74, 6) is 0.944. The average Bonchev–Trinajstić information content (AvgIpc) is 2.77. The highest BCUT2D eigenvalue weighted by molar-refractivity contribution is 9.10. The summed E-state index contributed by atoms with van der Waals surface area (Å²) in [6, 6.07) is 7.96. The monoisotopic (exact) mass is 348 g/mol. The van der Waals surface area contributed by atoms with Crippen LogP contribution in [0.3, 0.4) is 0 Å². The highest BCUT2D eigenvalue weighted by Gasteiger charge is 2.25. The molecule has 1 aromatic carbocycles. The van der Waals surface area contributed by atoms with E-state index in [-0.39, 0.29) is 5.91 Å². The smallest absolute Gasteiger partial charge is 0.219 e. The number of carbonyl (C=O) groups is 1. The van der Waals surface area contributed by atoms with Crippen molar-refractivity contribution in [1.82, 2.24) is 14.7 Å². The minimum atomic E-state index is 0.110. The number of halogens is 1. The number of hydrogen-bond donors (Lipinski definition) is 1. The maximum atomic E-state index is 11.6. The van der Waals surface area contributed by atoms with Gasteiger partial charge in [-0.2, -0.15) is 5.10 Å². The maximum absolute atomic E-state index is 11.6. The molecule has 6 heteroatoms. The minimum Gasteiger partial charge on any atom is -0.338 e. The number of rotatable bonds is 2. The summed E-state index contributed by atoms with van der Waals surface area (Å²) in [5.41, 5.74) is 3.30. The molecule has 1 aliphatic heterocycles. The van der Waals surface area contributed by atoms with Crippen molar-refractivity contribution in [2.75, 3.05) is 11.9 Å². The van der Waals surface area contributed by atoms with Gasteiger partial charge in [-0.15, -0.1) is 0 Å². The van der Waals surface area contributed by atoms with Gasteiger partial charge in [-0.05, 0) is 24.3 Å². The molecule has 0 saturated heterocycles. The molecule has 0 unspecified atom stereocenters. The maximum Gasteiger partial charge on any atom is 0.219 e. The van der Waals surface area contributed by atoms with Crippen molar-refractivity contribution in [3.63, 3.8) is 0 Å². The van der Waals surface area contributed by atoms with Crippen molar-refractivity contribution in [2.45, 2.75) is 19.9 Å². The number of fused-ring (bicyclic) bond motifs is 1. The number of amides is 1. The van der Waals surface area contributed by atoms with Crippen LogP contribution >= 0.6 is 15.9 Å². The van der Waals surface area contributed by atoms with Crippen molar-refractivity contribution in [1.29, 1.82) is 0 Å². The van der Waals surface area contributed by atoms with E-state index in [0.717, 1.165) is 34.5 Å². The molecule has 3 rings (SSSR count). The van der Waals surface area contributed by atoms with E-state index in [9.17, 15) is 4.79 Å². The van der Waals surface area contributed by atoms with Gasteiger partial charge in [-0.25, -0.2) is 0 Å².